The second-order valence-corrected chi connectivity index (χ2v) is 6.86. The van der Waals surface area contributed by atoms with Crippen LogP contribution in [0.25, 0.3) is 0 Å². The number of hydrogen-bond donors (Lipinski definition) is 1. The van der Waals surface area contributed by atoms with Crippen LogP contribution in [-0.2, 0) is 25.9 Å². The van der Waals surface area contributed by atoms with E-state index in [1.165, 1.54) is 6.07 Å². The predicted molar refractivity (Wildman–Crippen MR) is 99.5 cm³/mol. The highest BCUT2D eigenvalue weighted by Gasteiger charge is 2.29. The predicted octanol–water partition coefficient (Wildman–Crippen LogP) is 2.56. The molecule has 138 valence electrons. The first-order valence-corrected chi connectivity index (χ1v) is 8.89. The molecule has 1 atom stereocenters. The Morgan fingerprint density at radius 3 is 2.92 bits per heavy atom. The van der Waals surface area contributed by atoms with Gasteiger partial charge in [0.25, 0.3) is 5.91 Å². The number of carbonyl (C=O) groups is 1. The molecule has 5 nitrogen and oxygen atoms in total. The van der Waals surface area contributed by atoms with Crippen LogP contribution in [0.15, 0.2) is 36.9 Å². The molecule has 0 saturated carbocycles. The van der Waals surface area contributed by atoms with E-state index in [-0.39, 0.29) is 17.8 Å². The molecule has 1 N–H and O–H groups in total. The Bertz CT molecular complexity index is 812. The number of halogens is 1. The molecule has 3 rings (SSSR count). The van der Waals surface area contributed by atoms with Gasteiger partial charge in [0.2, 0.25) is 0 Å². The second kappa shape index (κ2) is 7.83. The summed E-state index contributed by atoms with van der Waals surface area (Å²) < 4.78 is 15.7. The number of nitrogens with one attached hydrogen (secondary N) is 1. The monoisotopic (exact) mass is 356 g/mol. The Morgan fingerprint density at radius 2 is 2.23 bits per heavy atom. The van der Waals surface area contributed by atoms with Crippen molar-refractivity contribution in [2.45, 2.75) is 38.4 Å². The maximum Gasteiger partial charge on any atom is 0.274 e. The summed E-state index contributed by atoms with van der Waals surface area (Å²) >= 11 is 0. The molecule has 0 fully saturated rings. The van der Waals surface area contributed by atoms with E-state index in [0.29, 0.717) is 24.3 Å². The Hall–Kier alpha value is -2.47. The summed E-state index contributed by atoms with van der Waals surface area (Å²) in [6.45, 7) is 4.85. The van der Waals surface area contributed by atoms with Gasteiger partial charge in [0.15, 0.2) is 5.69 Å². The number of benzene rings is 1. The van der Waals surface area contributed by atoms with Crippen molar-refractivity contribution >= 4 is 5.91 Å². The summed E-state index contributed by atoms with van der Waals surface area (Å²) in [5.74, 6) is -0.280. The zero-order valence-corrected chi connectivity index (χ0v) is 15.3. The van der Waals surface area contributed by atoms with E-state index in [2.05, 4.69) is 17.0 Å². The average molecular weight is 356 g/mol. The second-order valence-electron chi connectivity index (χ2n) is 6.86. The van der Waals surface area contributed by atoms with Crippen LogP contribution >= 0.6 is 0 Å². The van der Waals surface area contributed by atoms with Crippen LogP contribution in [-0.4, -0.2) is 40.7 Å². The summed E-state index contributed by atoms with van der Waals surface area (Å²) in [6.07, 6.45) is 4.28. The first-order valence-electron chi connectivity index (χ1n) is 8.89. The van der Waals surface area contributed by atoms with Gasteiger partial charge in [-0.2, -0.15) is 5.10 Å². The zero-order chi connectivity index (χ0) is 18.7. The fourth-order valence-electron chi connectivity index (χ4n) is 3.41. The van der Waals surface area contributed by atoms with Crippen LogP contribution in [0.2, 0.25) is 0 Å². The van der Waals surface area contributed by atoms with Crippen molar-refractivity contribution in [1.82, 2.24) is 20.0 Å². The summed E-state index contributed by atoms with van der Waals surface area (Å²) in [5.41, 5.74) is 3.29. The molecule has 0 radical (unpaired) electrons. The van der Waals surface area contributed by atoms with Crippen molar-refractivity contribution in [1.29, 1.82) is 0 Å². The number of allylic oxidation sites excluding steroid dienone is 1. The highest BCUT2D eigenvalue weighted by molar-refractivity contribution is 5.93. The van der Waals surface area contributed by atoms with Crippen molar-refractivity contribution in [3.05, 3.63) is 65.3 Å². The molecule has 1 aromatic heterocycles. The van der Waals surface area contributed by atoms with Gasteiger partial charge < -0.3 is 10.2 Å². The molecular weight excluding hydrogens is 331 g/mol. The van der Waals surface area contributed by atoms with E-state index in [9.17, 15) is 9.18 Å². The van der Waals surface area contributed by atoms with Crippen LogP contribution in [0, 0.1) is 5.82 Å². The Kier molecular flexibility index (Phi) is 5.52. The largest absolute Gasteiger partial charge is 0.343 e. The molecule has 1 aliphatic rings. The van der Waals surface area contributed by atoms with Gasteiger partial charge in [-0.15, -0.1) is 6.58 Å². The minimum atomic E-state index is -0.196. The molecule has 0 spiro atoms. The molecule has 1 aromatic carbocycles. The molecule has 26 heavy (non-hydrogen) atoms. The maximum absolute atomic E-state index is 13.8. The fraction of sp³-hybridized carbons (Fsp3) is 0.400. The zero-order valence-electron chi connectivity index (χ0n) is 15.3. The quantitative estimate of drug-likeness (QED) is 0.810. The molecule has 0 aliphatic heterocycles. The number of hydrogen-bond acceptors (Lipinski definition) is 3. The number of rotatable bonds is 6. The fourth-order valence-corrected chi connectivity index (χ4v) is 3.41. The summed E-state index contributed by atoms with van der Waals surface area (Å²) in [6, 6.07) is 6.99. The van der Waals surface area contributed by atoms with E-state index in [0.717, 1.165) is 30.5 Å². The lowest BCUT2D eigenvalue weighted by Crippen LogP contribution is -2.35. The number of aromatic nitrogens is 2. The first kappa shape index (κ1) is 18.3. The summed E-state index contributed by atoms with van der Waals surface area (Å²) in [4.78, 5) is 14.1. The number of nitrogens with zero attached hydrogens (tertiary/aromatic N) is 3. The van der Waals surface area contributed by atoms with Crippen molar-refractivity contribution in [3.63, 3.8) is 0 Å². The average Bonchev–Trinajstić information content (AvgIpc) is 2.98. The molecule has 1 aliphatic carbocycles. The van der Waals surface area contributed by atoms with Gasteiger partial charge in [-0.1, -0.05) is 24.3 Å². The molecular formula is C20H25FN4O. The van der Waals surface area contributed by atoms with Gasteiger partial charge in [-0.05, 0) is 25.3 Å². The minimum Gasteiger partial charge on any atom is -0.343 e. The Morgan fingerprint density at radius 1 is 1.46 bits per heavy atom. The molecule has 1 amide bonds. The Labute approximate surface area is 153 Å². The molecule has 6 heteroatoms. The van der Waals surface area contributed by atoms with Crippen LogP contribution in [0.4, 0.5) is 4.39 Å². The van der Waals surface area contributed by atoms with Crippen molar-refractivity contribution in [3.8, 4) is 0 Å². The van der Waals surface area contributed by atoms with E-state index in [1.807, 2.05) is 10.7 Å². The van der Waals surface area contributed by atoms with Crippen molar-refractivity contribution in [2.24, 2.45) is 0 Å². The third-order valence-electron chi connectivity index (χ3n) is 4.80. The van der Waals surface area contributed by atoms with E-state index >= 15 is 0 Å². The van der Waals surface area contributed by atoms with E-state index in [4.69, 9.17) is 0 Å². The summed E-state index contributed by atoms with van der Waals surface area (Å²) in [7, 11) is 3.47. The lowest BCUT2D eigenvalue weighted by molar-refractivity contribution is 0.0820. The third kappa shape index (κ3) is 3.70. The first-order chi connectivity index (χ1) is 12.5. The van der Waals surface area contributed by atoms with Gasteiger partial charge in [0.05, 0.1) is 6.54 Å². The highest BCUT2D eigenvalue weighted by Crippen LogP contribution is 2.26. The van der Waals surface area contributed by atoms with Crippen LogP contribution in [0.3, 0.4) is 0 Å². The molecule has 2 aromatic rings. The lowest BCUT2D eigenvalue weighted by Gasteiger charge is -2.25. The topological polar surface area (TPSA) is 50.2 Å². The smallest absolute Gasteiger partial charge is 0.274 e. The minimum absolute atomic E-state index is 0.0844. The third-order valence-corrected chi connectivity index (χ3v) is 4.80. The molecule has 0 bridgehead atoms. The van der Waals surface area contributed by atoms with Gasteiger partial charge in [0.1, 0.15) is 5.82 Å². The van der Waals surface area contributed by atoms with Gasteiger partial charge in [-0.25, -0.2) is 4.39 Å². The molecule has 1 unspecified atom stereocenters. The van der Waals surface area contributed by atoms with Crippen LogP contribution < -0.4 is 5.32 Å². The van der Waals surface area contributed by atoms with Gasteiger partial charge in [-0.3, -0.25) is 9.48 Å². The van der Waals surface area contributed by atoms with Gasteiger partial charge in [0, 0.05) is 43.5 Å². The maximum atomic E-state index is 13.8. The van der Waals surface area contributed by atoms with Crippen molar-refractivity contribution < 1.29 is 9.18 Å². The lowest BCUT2D eigenvalue weighted by atomic mass is 9.91. The Balaban J connectivity index is 1.79. The SMILES string of the molecule is C=CCn1nc(C(=O)N(C)C)c2c1CCC(NCc1ccccc1F)C2. The van der Waals surface area contributed by atoms with Crippen LogP contribution in [0.5, 0.6) is 0 Å². The number of carbonyl (C=O) groups excluding carboxylic acids is 1. The standard InChI is InChI=1S/C20H25FN4O/c1-4-11-25-18-10-9-15(22-13-14-7-5-6-8-17(14)21)12-16(18)19(23-25)20(26)24(2)3/h4-8,15,22H,1,9-13H2,2-3H3. The van der Waals surface area contributed by atoms with Crippen LogP contribution in [0.1, 0.15) is 33.7 Å². The van der Waals surface area contributed by atoms with Gasteiger partial charge >= 0.3 is 0 Å². The summed E-state index contributed by atoms with van der Waals surface area (Å²) in [5, 5.41) is 7.97. The number of fused-ring (bicyclic) bond motifs is 1. The normalized spacial score (nSPS) is 16.2. The van der Waals surface area contributed by atoms with E-state index in [1.54, 1.807) is 37.2 Å². The molecule has 0 saturated heterocycles. The highest BCUT2D eigenvalue weighted by atomic mass is 19.1. The van der Waals surface area contributed by atoms with Crippen molar-refractivity contribution in [2.75, 3.05) is 14.1 Å². The molecule has 1 heterocycles. The number of amides is 1. The van der Waals surface area contributed by atoms with E-state index < -0.39 is 0 Å².